The number of rotatable bonds is 3. The van der Waals surface area contributed by atoms with E-state index in [9.17, 15) is 4.79 Å². The minimum Gasteiger partial charge on any atom is -0.508 e. The Hall–Kier alpha value is -1.55. The molecule has 0 aliphatic heterocycles. The topological polar surface area (TPSA) is 83.5 Å². The Bertz CT molecular complexity index is 321. The Kier molecular flexibility index (Phi) is 3.09. The molecule has 0 heterocycles. The lowest BCUT2D eigenvalue weighted by Gasteiger charge is -2.15. The quantitative estimate of drug-likeness (QED) is 0.669. The number of carboxylic acids is 1. The number of phenolic OH excluding ortho intramolecular Hbond substituents is 1. The van der Waals surface area contributed by atoms with Crippen LogP contribution in [0.15, 0.2) is 24.3 Å². The second kappa shape index (κ2) is 4.11. The molecule has 0 aliphatic rings. The third kappa shape index (κ3) is 2.23. The summed E-state index contributed by atoms with van der Waals surface area (Å²) in [7, 11) is 0. The van der Waals surface area contributed by atoms with Crippen molar-refractivity contribution in [3.8, 4) is 5.75 Å². The van der Waals surface area contributed by atoms with Crippen LogP contribution in [0.4, 0.5) is 0 Å². The average Bonchev–Trinajstić information content (AvgIpc) is 2.16. The van der Waals surface area contributed by atoms with Gasteiger partial charge in [-0.15, -0.1) is 0 Å². The molecule has 0 amide bonds. The standard InChI is InChI=1S/C10H13NO3/c1-6(9(11)10(13)14)7-2-4-8(12)5-3-7/h2-6,9,12H,11H2,1H3,(H,13,14)/t6-,9+/m0/s1. The predicted molar refractivity (Wildman–Crippen MR) is 52.1 cm³/mol. The van der Waals surface area contributed by atoms with Crippen LogP contribution in [0.5, 0.6) is 5.75 Å². The molecule has 1 aromatic carbocycles. The van der Waals surface area contributed by atoms with E-state index >= 15 is 0 Å². The van der Waals surface area contributed by atoms with E-state index in [2.05, 4.69) is 0 Å². The maximum atomic E-state index is 10.6. The summed E-state index contributed by atoms with van der Waals surface area (Å²) < 4.78 is 0. The molecule has 0 saturated carbocycles. The molecule has 0 fully saturated rings. The van der Waals surface area contributed by atoms with E-state index in [0.29, 0.717) is 0 Å². The molecule has 0 aromatic heterocycles. The van der Waals surface area contributed by atoms with Crippen LogP contribution in [0.3, 0.4) is 0 Å². The van der Waals surface area contributed by atoms with Crippen LogP contribution in [-0.4, -0.2) is 22.2 Å². The van der Waals surface area contributed by atoms with Crippen LogP contribution < -0.4 is 5.73 Å². The molecule has 4 heteroatoms. The number of carboxylic acid groups (broad SMARTS) is 1. The molecule has 4 nitrogen and oxygen atoms in total. The summed E-state index contributed by atoms with van der Waals surface area (Å²) in [5, 5.41) is 17.7. The Morgan fingerprint density at radius 2 is 1.86 bits per heavy atom. The third-order valence-electron chi connectivity index (χ3n) is 2.24. The van der Waals surface area contributed by atoms with Crippen molar-refractivity contribution < 1.29 is 15.0 Å². The number of hydrogen-bond donors (Lipinski definition) is 3. The molecule has 0 saturated heterocycles. The minimum atomic E-state index is -1.02. The van der Waals surface area contributed by atoms with Gasteiger partial charge in [-0.3, -0.25) is 4.79 Å². The normalized spacial score (nSPS) is 14.7. The van der Waals surface area contributed by atoms with Gasteiger partial charge in [-0.25, -0.2) is 0 Å². The maximum Gasteiger partial charge on any atom is 0.321 e. The summed E-state index contributed by atoms with van der Waals surface area (Å²) >= 11 is 0. The zero-order chi connectivity index (χ0) is 10.7. The molecular weight excluding hydrogens is 182 g/mol. The Morgan fingerprint density at radius 3 is 2.29 bits per heavy atom. The van der Waals surface area contributed by atoms with E-state index < -0.39 is 12.0 Å². The number of nitrogens with two attached hydrogens (primary N) is 1. The van der Waals surface area contributed by atoms with Crippen LogP contribution in [-0.2, 0) is 4.79 Å². The molecule has 1 rings (SSSR count). The summed E-state index contributed by atoms with van der Waals surface area (Å²) in [5.74, 6) is -1.14. The van der Waals surface area contributed by atoms with E-state index in [4.69, 9.17) is 15.9 Å². The average molecular weight is 195 g/mol. The molecule has 76 valence electrons. The highest BCUT2D eigenvalue weighted by molar-refractivity contribution is 5.74. The first kappa shape index (κ1) is 10.5. The van der Waals surface area contributed by atoms with Crippen molar-refractivity contribution >= 4 is 5.97 Å². The molecule has 0 aliphatic carbocycles. The first-order valence-electron chi connectivity index (χ1n) is 4.29. The molecule has 14 heavy (non-hydrogen) atoms. The number of carbonyl (C=O) groups is 1. The highest BCUT2D eigenvalue weighted by Gasteiger charge is 2.21. The van der Waals surface area contributed by atoms with Crippen LogP contribution in [0, 0.1) is 0 Å². The van der Waals surface area contributed by atoms with Gasteiger partial charge in [0.2, 0.25) is 0 Å². The van der Waals surface area contributed by atoms with Crippen molar-refractivity contribution in [2.45, 2.75) is 18.9 Å². The lowest BCUT2D eigenvalue weighted by atomic mass is 9.94. The van der Waals surface area contributed by atoms with Gasteiger partial charge in [-0.05, 0) is 17.7 Å². The van der Waals surface area contributed by atoms with Gasteiger partial charge in [0.05, 0.1) is 0 Å². The maximum absolute atomic E-state index is 10.6. The zero-order valence-corrected chi connectivity index (χ0v) is 7.84. The largest absolute Gasteiger partial charge is 0.508 e. The predicted octanol–water partition coefficient (Wildman–Crippen LogP) is 0.908. The van der Waals surface area contributed by atoms with Crippen molar-refractivity contribution in [3.05, 3.63) is 29.8 Å². The first-order chi connectivity index (χ1) is 6.52. The van der Waals surface area contributed by atoms with Crippen LogP contribution in [0.1, 0.15) is 18.4 Å². The fraction of sp³-hybridized carbons (Fsp3) is 0.300. The van der Waals surface area contributed by atoms with Gasteiger partial charge >= 0.3 is 5.97 Å². The van der Waals surface area contributed by atoms with Crippen molar-refractivity contribution in [1.29, 1.82) is 0 Å². The van der Waals surface area contributed by atoms with Crippen LogP contribution in [0.25, 0.3) is 0 Å². The van der Waals surface area contributed by atoms with E-state index in [0.717, 1.165) is 5.56 Å². The van der Waals surface area contributed by atoms with Crippen molar-refractivity contribution in [2.75, 3.05) is 0 Å². The van der Waals surface area contributed by atoms with Crippen LogP contribution in [0.2, 0.25) is 0 Å². The number of benzene rings is 1. The molecule has 0 spiro atoms. The van der Waals surface area contributed by atoms with Gasteiger partial charge in [0.1, 0.15) is 11.8 Å². The lowest BCUT2D eigenvalue weighted by molar-refractivity contribution is -0.139. The van der Waals surface area contributed by atoms with E-state index in [-0.39, 0.29) is 11.7 Å². The number of aliphatic carboxylic acids is 1. The van der Waals surface area contributed by atoms with Gasteiger partial charge in [-0.1, -0.05) is 19.1 Å². The van der Waals surface area contributed by atoms with Gasteiger partial charge in [0, 0.05) is 5.92 Å². The monoisotopic (exact) mass is 195 g/mol. The van der Waals surface area contributed by atoms with Crippen LogP contribution >= 0.6 is 0 Å². The summed E-state index contributed by atoms with van der Waals surface area (Å²) in [6, 6.07) is 5.45. The molecule has 2 atom stereocenters. The summed E-state index contributed by atoms with van der Waals surface area (Å²) in [5.41, 5.74) is 6.27. The molecular formula is C10H13NO3. The van der Waals surface area contributed by atoms with E-state index in [1.54, 1.807) is 19.1 Å². The van der Waals surface area contributed by atoms with E-state index in [1.165, 1.54) is 12.1 Å². The highest BCUT2D eigenvalue weighted by Crippen LogP contribution is 2.20. The Morgan fingerprint density at radius 1 is 1.36 bits per heavy atom. The van der Waals surface area contributed by atoms with Gasteiger partial charge in [-0.2, -0.15) is 0 Å². The van der Waals surface area contributed by atoms with E-state index in [1.807, 2.05) is 0 Å². The second-order valence-corrected chi connectivity index (χ2v) is 3.24. The molecule has 1 aromatic rings. The van der Waals surface area contributed by atoms with Crippen molar-refractivity contribution in [3.63, 3.8) is 0 Å². The van der Waals surface area contributed by atoms with Gasteiger partial charge in [0.15, 0.2) is 0 Å². The fourth-order valence-electron chi connectivity index (χ4n) is 1.20. The molecule has 0 radical (unpaired) electrons. The molecule has 0 unspecified atom stereocenters. The summed E-state index contributed by atoms with van der Waals surface area (Å²) in [4.78, 5) is 10.6. The van der Waals surface area contributed by atoms with Gasteiger partial charge in [0.25, 0.3) is 0 Å². The second-order valence-electron chi connectivity index (χ2n) is 3.24. The Labute approximate surface area is 82.0 Å². The SMILES string of the molecule is C[C@@H](c1ccc(O)cc1)[C@@H](N)C(=O)O. The molecule has 4 N–H and O–H groups in total. The van der Waals surface area contributed by atoms with Crippen molar-refractivity contribution in [1.82, 2.24) is 0 Å². The number of aromatic hydroxyl groups is 1. The third-order valence-corrected chi connectivity index (χ3v) is 2.24. The number of phenols is 1. The highest BCUT2D eigenvalue weighted by atomic mass is 16.4. The minimum absolute atomic E-state index is 0.157. The fourth-order valence-corrected chi connectivity index (χ4v) is 1.20. The Balaban J connectivity index is 2.84. The lowest BCUT2D eigenvalue weighted by Crippen LogP contribution is -2.35. The molecule has 0 bridgehead atoms. The summed E-state index contributed by atoms with van der Waals surface area (Å²) in [6.45, 7) is 1.74. The smallest absolute Gasteiger partial charge is 0.321 e. The first-order valence-corrected chi connectivity index (χ1v) is 4.29. The summed E-state index contributed by atoms with van der Waals surface area (Å²) in [6.07, 6.45) is 0. The zero-order valence-electron chi connectivity index (χ0n) is 7.84. The number of hydrogen-bond acceptors (Lipinski definition) is 3. The van der Waals surface area contributed by atoms with Crippen molar-refractivity contribution in [2.24, 2.45) is 5.73 Å². The van der Waals surface area contributed by atoms with Gasteiger partial charge < -0.3 is 15.9 Å².